The smallest absolute Gasteiger partial charge is 0.225 e. The van der Waals surface area contributed by atoms with E-state index in [1.807, 2.05) is 25.8 Å². The molecule has 2 aromatic rings. The van der Waals surface area contributed by atoms with E-state index in [2.05, 4.69) is 29.2 Å². The van der Waals surface area contributed by atoms with E-state index in [4.69, 9.17) is 0 Å². The second-order valence-corrected chi connectivity index (χ2v) is 6.13. The van der Waals surface area contributed by atoms with Crippen LogP contribution in [0.4, 0.5) is 0 Å². The van der Waals surface area contributed by atoms with Gasteiger partial charge in [0.2, 0.25) is 5.91 Å². The molecule has 0 spiro atoms. The molecule has 3 heteroatoms. The predicted octanol–water partition coefficient (Wildman–Crippen LogP) is 3.14. The highest BCUT2D eigenvalue weighted by Gasteiger charge is 2.28. The van der Waals surface area contributed by atoms with Crippen molar-refractivity contribution in [1.82, 2.24) is 9.88 Å². The highest BCUT2D eigenvalue weighted by molar-refractivity contribution is 5.85. The molecular formula is C17H22N2O. The average Bonchev–Trinajstić information content (AvgIpc) is 2.83. The van der Waals surface area contributed by atoms with Crippen LogP contribution in [0.25, 0.3) is 10.9 Å². The molecule has 1 atom stereocenters. The van der Waals surface area contributed by atoms with Crippen molar-refractivity contribution in [3.8, 4) is 0 Å². The van der Waals surface area contributed by atoms with Gasteiger partial charge in [0.1, 0.15) is 0 Å². The zero-order valence-electron chi connectivity index (χ0n) is 12.4. The van der Waals surface area contributed by atoms with Crippen LogP contribution in [0.3, 0.4) is 0 Å². The molecule has 0 radical (unpaired) electrons. The second-order valence-electron chi connectivity index (χ2n) is 6.13. The van der Waals surface area contributed by atoms with Crippen LogP contribution in [0, 0.1) is 5.92 Å². The number of para-hydroxylation sites is 1. The fraction of sp³-hybridized carbons (Fsp3) is 0.471. The van der Waals surface area contributed by atoms with Crippen molar-refractivity contribution >= 4 is 16.8 Å². The lowest BCUT2D eigenvalue weighted by Crippen LogP contribution is -2.42. The van der Waals surface area contributed by atoms with E-state index in [0.29, 0.717) is 6.04 Å². The van der Waals surface area contributed by atoms with Crippen molar-refractivity contribution in [3.05, 3.63) is 35.5 Å². The van der Waals surface area contributed by atoms with Crippen molar-refractivity contribution in [1.29, 1.82) is 0 Å². The molecule has 1 aromatic carbocycles. The summed E-state index contributed by atoms with van der Waals surface area (Å²) in [6.45, 7) is 3.94. The quantitative estimate of drug-likeness (QED) is 0.894. The van der Waals surface area contributed by atoms with Gasteiger partial charge in [-0.15, -0.1) is 0 Å². The number of rotatable bonds is 2. The lowest BCUT2D eigenvalue weighted by molar-refractivity contribution is -0.135. The number of fused-ring (bicyclic) bond motifs is 3. The van der Waals surface area contributed by atoms with Crippen LogP contribution in [0.5, 0.6) is 0 Å². The van der Waals surface area contributed by atoms with Gasteiger partial charge in [-0.25, -0.2) is 0 Å². The maximum atomic E-state index is 12.2. The van der Waals surface area contributed by atoms with Gasteiger partial charge in [0.05, 0.1) is 0 Å². The van der Waals surface area contributed by atoms with Crippen LogP contribution in [0.2, 0.25) is 0 Å². The summed E-state index contributed by atoms with van der Waals surface area (Å²) in [4.78, 5) is 17.7. The third-order valence-corrected chi connectivity index (χ3v) is 4.46. The number of amides is 1. The van der Waals surface area contributed by atoms with Crippen LogP contribution in [0.1, 0.15) is 31.5 Å². The zero-order valence-corrected chi connectivity index (χ0v) is 12.4. The second kappa shape index (κ2) is 4.97. The highest BCUT2D eigenvalue weighted by Crippen LogP contribution is 2.30. The molecule has 1 aromatic heterocycles. The number of nitrogens with one attached hydrogen (secondary N) is 1. The first-order valence-corrected chi connectivity index (χ1v) is 7.43. The molecule has 3 rings (SSSR count). The van der Waals surface area contributed by atoms with Gasteiger partial charge in [-0.3, -0.25) is 4.79 Å². The lowest BCUT2D eigenvalue weighted by atomic mass is 9.90. The predicted molar refractivity (Wildman–Crippen MR) is 81.7 cm³/mol. The first-order valence-electron chi connectivity index (χ1n) is 7.43. The van der Waals surface area contributed by atoms with Crippen molar-refractivity contribution in [2.75, 3.05) is 7.05 Å². The van der Waals surface area contributed by atoms with Crippen molar-refractivity contribution in [2.45, 2.75) is 39.2 Å². The van der Waals surface area contributed by atoms with Crippen LogP contribution >= 0.6 is 0 Å². The molecule has 0 saturated heterocycles. The van der Waals surface area contributed by atoms with Gasteiger partial charge in [0.15, 0.2) is 0 Å². The van der Waals surface area contributed by atoms with Crippen LogP contribution < -0.4 is 0 Å². The third kappa shape index (κ3) is 2.11. The summed E-state index contributed by atoms with van der Waals surface area (Å²) in [7, 11) is 1.95. The molecule has 1 aliphatic rings. The van der Waals surface area contributed by atoms with E-state index in [1.165, 1.54) is 22.2 Å². The molecule has 1 aliphatic carbocycles. The Kier molecular flexibility index (Phi) is 3.28. The van der Waals surface area contributed by atoms with Gasteiger partial charge in [0.25, 0.3) is 0 Å². The Hall–Kier alpha value is -1.77. The molecular weight excluding hydrogens is 248 g/mol. The van der Waals surface area contributed by atoms with E-state index in [0.717, 1.165) is 19.3 Å². The van der Waals surface area contributed by atoms with Crippen LogP contribution in [-0.2, 0) is 17.6 Å². The largest absolute Gasteiger partial charge is 0.358 e. The molecule has 20 heavy (non-hydrogen) atoms. The van der Waals surface area contributed by atoms with Gasteiger partial charge in [0, 0.05) is 35.6 Å². The molecule has 0 bridgehead atoms. The van der Waals surface area contributed by atoms with Crippen molar-refractivity contribution < 1.29 is 4.79 Å². The number of H-pyrrole nitrogens is 1. The molecule has 1 N–H and O–H groups in total. The fourth-order valence-electron chi connectivity index (χ4n) is 3.27. The number of aromatic amines is 1. The normalized spacial score (nSPS) is 18.3. The van der Waals surface area contributed by atoms with E-state index < -0.39 is 0 Å². The summed E-state index contributed by atoms with van der Waals surface area (Å²) in [5.74, 6) is 0.322. The monoisotopic (exact) mass is 270 g/mol. The SMILES string of the molecule is CC(C)C(=O)N(C)C1CCc2[nH]c3ccccc3c2C1. The number of benzene rings is 1. The highest BCUT2D eigenvalue weighted by atomic mass is 16.2. The van der Waals surface area contributed by atoms with Crippen LogP contribution in [-0.4, -0.2) is 28.9 Å². The van der Waals surface area contributed by atoms with Gasteiger partial charge in [-0.05, 0) is 30.9 Å². The summed E-state index contributed by atoms with van der Waals surface area (Å²) in [5.41, 5.74) is 3.98. The van der Waals surface area contributed by atoms with E-state index >= 15 is 0 Å². The lowest BCUT2D eigenvalue weighted by Gasteiger charge is -2.32. The minimum absolute atomic E-state index is 0.0735. The van der Waals surface area contributed by atoms with Crippen molar-refractivity contribution in [3.63, 3.8) is 0 Å². The van der Waals surface area contributed by atoms with E-state index in [9.17, 15) is 4.79 Å². The first-order chi connectivity index (χ1) is 9.58. The molecule has 1 amide bonds. The standard InChI is InChI=1S/C17H22N2O/c1-11(2)17(20)19(3)12-8-9-16-14(10-12)13-6-4-5-7-15(13)18-16/h4-7,11-12,18H,8-10H2,1-3H3. The number of carbonyl (C=O) groups excluding carboxylic acids is 1. The Bertz CT molecular complexity index is 641. The average molecular weight is 270 g/mol. The van der Waals surface area contributed by atoms with Crippen LogP contribution in [0.15, 0.2) is 24.3 Å². The number of aromatic nitrogens is 1. The molecule has 0 aliphatic heterocycles. The summed E-state index contributed by atoms with van der Waals surface area (Å²) in [5, 5.41) is 1.32. The number of nitrogens with zero attached hydrogens (tertiary/aromatic N) is 1. The summed E-state index contributed by atoms with van der Waals surface area (Å²) < 4.78 is 0. The molecule has 106 valence electrons. The maximum absolute atomic E-state index is 12.2. The molecule has 3 nitrogen and oxygen atoms in total. The Morgan fingerprint density at radius 1 is 1.35 bits per heavy atom. The number of carbonyl (C=O) groups is 1. The summed E-state index contributed by atoms with van der Waals surface area (Å²) in [6, 6.07) is 8.79. The van der Waals surface area contributed by atoms with Gasteiger partial charge < -0.3 is 9.88 Å². The van der Waals surface area contributed by atoms with E-state index in [-0.39, 0.29) is 11.8 Å². The van der Waals surface area contributed by atoms with Gasteiger partial charge in [-0.2, -0.15) is 0 Å². The zero-order chi connectivity index (χ0) is 14.3. The summed E-state index contributed by atoms with van der Waals surface area (Å²) >= 11 is 0. The fourth-order valence-corrected chi connectivity index (χ4v) is 3.27. The Balaban J connectivity index is 1.89. The topological polar surface area (TPSA) is 36.1 Å². The Morgan fingerprint density at radius 3 is 2.85 bits per heavy atom. The first kappa shape index (κ1) is 13.2. The van der Waals surface area contributed by atoms with E-state index in [1.54, 1.807) is 0 Å². The molecule has 0 saturated carbocycles. The number of likely N-dealkylation sites (N-methyl/N-ethyl adjacent to an activating group) is 1. The number of aryl methyl sites for hydroxylation is 1. The molecule has 1 unspecified atom stereocenters. The van der Waals surface area contributed by atoms with Gasteiger partial charge in [-0.1, -0.05) is 32.0 Å². The molecule has 1 heterocycles. The summed E-state index contributed by atoms with van der Waals surface area (Å²) in [6.07, 6.45) is 3.05. The maximum Gasteiger partial charge on any atom is 0.225 e. The van der Waals surface area contributed by atoms with Gasteiger partial charge >= 0.3 is 0 Å². The number of hydrogen-bond donors (Lipinski definition) is 1. The van der Waals surface area contributed by atoms with Crippen molar-refractivity contribution in [2.24, 2.45) is 5.92 Å². The minimum Gasteiger partial charge on any atom is -0.358 e. The Morgan fingerprint density at radius 2 is 2.10 bits per heavy atom. The number of hydrogen-bond acceptors (Lipinski definition) is 1. The molecule has 0 fully saturated rings. The minimum atomic E-state index is 0.0735. The Labute approximate surface area is 120 Å². The third-order valence-electron chi connectivity index (χ3n) is 4.46.